The van der Waals surface area contributed by atoms with Crippen LogP contribution in [0.1, 0.15) is 76.3 Å². The van der Waals surface area contributed by atoms with Crippen molar-refractivity contribution < 1.29 is 30.7 Å². The minimum absolute atomic E-state index is 0.174. The highest BCUT2D eigenvalue weighted by Gasteiger charge is 2.56. The van der Waals surface area contributed by atoms with E-state index >= 15 is 0 Å². The van der Waals surface area contributed by atoms with E-state index in [9.17, 15) is 30.7 Å². The van der Waals surface area contributed by atoms with E-state index in [1.807, 2.05) is 13.8 Å². The monoisotopic (exact) mass is 415 g/mol. The van der Waals surface area contributed by atoms with Crippen LogP contribution in [-0.4, -0.2) is 12.1 Å². The number of nitrogens with two attached hydrogens (primary N) is 1. The smallest absolute Gasteiger partial charge is 0.389 e. The zero-order valence-corrected chi connectivity index (χ0v) is 16.4. The summed E-state index contributed by atoms with van der Waals surface area (Å²) in [6.07, 6.45) is -6.96. The normalized spacial score (nSPS) is 14.5. The molecule has 1 aromatic carbocycles. The summed E-state index contributed by atoms with van der Waals surface area (Å²) < 4.78 is 93.6. The van der Waals surface area contributed by atoms with Crippen LogP contribution in [0, 0.1) is 5.92 Å². The maximum Gasteiger partial charge on any atom is 0.389 e. The molecule has 0 saturated heterocycles. The molecule has 0 aliphatic rings. The van der Waals surface area contributed by atoms with Gasteiger partial charge in [0.2, 0.25) is 0 Å². The fourth-order valence-electron chi connectivity index (χ4n) is 3.25. The Morgan fingerprint density at radius 2 is 1.43 bits per heavy atom. The molecular weight excluding hydrogens is 387 g/mol. The lowest BCUT2D eigenvalue weighted by atomic mass is 9.88. The molecule has 0 saturated carbocycles. The van der Waals surface area contributed by atoms with Gasteiger partial charge in [-0.2, -0.15) is 30.7 Å². The number of rotatable bonds is 10. The molecule has 0 aliphatic carbocycles. The van der Waals surface area contributed by atoms with Gasteiger partial charge in [0, 0.05) is 24.1 Å². The van der Waals surface area contributed by atoms with Gasteiger partial charge in [-0.1, -0.05) is 33.3 Å². The number of benzene rings is 1. The van der Waals surface area contributed by atoms with E-state index in [4.69, 9.17) is 5.73 Å². The van der Waals surface area contributed by atoms with E-state index in [1.54, 1.807) is 6.92 Å². The third-order valence-corrected chi connectivity index (χ3v) is 4.72. The van der Waals surface area contributed by atoms with Gasteiger partial charge >= 0.3 is 18.0 Å². The van der Waals surface area contributed by atoms with Gasteiger partial charge in [-0.25, -0.2) is 0 Å². The molecule has 0 radical (unpaired) electrons. The van der Waals surface area contributed by atoms with Crippen LogP contribution in [0.3, 0.4) is 0 Å². The highest BCUT2D eigenvalue weighted by Crippen LogP contribution is 2.47. The standard InChI is InChI=1S/C20H28F7N/c1-13(2)11-14(3)16-12-15(7-8-17(16)28)20(26,27)18(21,22)9-5-4-6-10-19(23,24)25/h7-8,12-14H,4-6,9-11,28H2,1-3H3. The van der Waals surface area contributed by atoms with E-state index in [-0.39, 0.29) is 30.4 Å². The molecular formula is C20H28F7N. The van der Waals surface area contributed by atoms with Gasteiger partial charge in [0.1, 0.15) is 0 Å². The van der Waals surface area contributed by atoms with Gasteiger partial charge in [-0.3, -0.25) is 0 Å². The van der Waals surface area contributed by atoms with Crippen LogP contribution in [0.2, 0.25) is 0 Å². The molecule has 0 spiro atoms. The number of halogens is 7. The lowest BCUT2D eigenvalue weighted by Gasteiger charge is -2.28. The van der Waals surface area contributed by atoms with Gasteiger partial charge in [0.15, 0.2) is 0 Å². The van der Waals surface area contributed by atoms with Gasteiger partial charge in [-0.15, -0.1) is 0 Å². The average molecular weight is 415 g/mol. The first-order chi connectivity index (χ1) is 12.7. The molecule has 2 N–H and O–H groups in total. The summed E-state index contributed by atoms with van der Waals surface area (Å²) in [5, 5.41) is 0. The minimum atomic E-state index is -4.43. The summed E-state index contributed by atoms with van der Waals surface area (Å²) in [6, 6.07) is 3.12. The Hall–Kier alpha value is -1.47. The molecule has 28 heavy (non-hydrogen) atoms. The Bertz CT molecular complexity index is 623. The Morgan fingerprint density at radius 3 is 1.96 bits per heavy atom. The van der Waals surface area contributed by atoms with Crippen LogP contribution in [0.5, 0.6) is 0 Å². The van der Waals surface area contributed by atoms with Crippen LogP contribution in [-0.2, 0) is 5.92 Å². The molecule has 1 atom stereocenters. The summed E-state index contributed by atoms with van der Waals surface area (Å²) in [6.45, 7) is 5.71. The van der Waals surface area contributed by atoms with E-state index in [0.717, 1.165) is 12.1 Å². The second-order valence-electron chi connectivity index (χ2n) is 7.83. The van der Waals surface area contributed by atoms with Gasteiger partial charge in [-0.05, 0) is 48.8 Å². The van der Waals surface area contributed by atoms with Crippen LogP contribution < -0.4 is 5.73 Å². The molecule has 1 nitrogen and oxygen atoms in total. The first kappa shape index (κ1) is 24.6. The first-order valence-corrected chi connectivity index (χ1v) is 9.39. The fourth-order valence-corrected chi connectivity index (χ4v) is 3.25. The van der Waals surface area contributed by atoms with Gasteiger partial charge in [0.25, 0.3) is 0 Å². The van der Waals surface area contributed by atoms with Crippen molar-refractivity contribution in [1.29, 1.82) is 0 Å². The number of anilines is 1. The maximum absolute atomic E-state index is 14.5. The van der Waals surface area contributed by atoms with Gasteiger partial charge in [0.05, 0.1) is 0 Å². The quantitative estimate of drug-likeness (QED) is 0.237. The second kappa shape index (κ2) is 9.35. The highest BCUT2D eigenvalue weighted by molar-refractivity contribution is 5.51. The predicted molar refractivity (Wildman–Crippen MR) is 96.7 cm³/mol. The second-order valence-corrected chi connectivity index (χ2v) is 7.83. The molecule has 1 rings (SSSR count). The Kier molecular flexibility index (Phi) is 8.21. The first-order valence-electron chi connectivity index (χ1n) is 9.39. The predicted octanol–water partition coefficient (Wildman–Crippen LogP) is 7.66. The SMILES string of the molecule is CC(C)CC(C)c1cc(C(F)(F)C(F)(F)CCCCCC(F)(F)F)ccc1N. The van der Waals surface area contributed by atoms with Crippen molar-refractivity contribution in [3.8, 4) is 0 Å². The van der Waals surface area contributed by atoms with E-state index in [1.165, 1.54) is 6.07 Å². The van der Waals surface area contributed by atoms with Crippen molar-refractivity contribution in [1.82, 2.24) is 0 Å². The molecule has 0 fully saturated rings. The summed E-state index contributed by atoms with van der Waals surface area (Å²) in [5.41, 5.74) is 5.68. The van der Waals surface area contributed by atoms with Crippen molar-refractivity contribution in [2.24, 2.45) is 5.92 Å². The van der Waals surface area contributed by atoms with Crippen molar-refractivity contribution in [2.45, 2.75) is 83.2 Å². The van der Waals surface area contributed by atoms with Crippen molar-refractivity contribution >= 4 is 5.69 Å². The Balaban J connectivity index is 2.88. The number of hydrogen-bond donors (Lipinski definition) is 1. The topological polar surface area (TPSA) is 26.0 Å². The number of alkyl halides is 7. The maximum atomic E-state index is 14.5. The number of nitrogen functional groups attached to an aromatic ring is 1. The molecule has 0 heterocycles. The molecule has 1 aromatic rings. The van der Waals surface area contributed by atoms with E-state index in [2.05, 4.69) is 0 Å². The molecule has 162 valence electrons. The fraction of sp³-hybridized carbons (Fsp3) is 0.700. The summed E-state index contributed by atoms with van der Waals surface area (Å²) in [7, 11) is 0. The molecule has 0 aliphatic heterocycles. The summed E-state index contributed by atoms with van der Waals surface area (Å²) >= 11 is 0. The molecule has 0 aromatic heterocycles. The Labute approximate surface area is 161 Å². The number of hydrogen-bond acceptors (Lipinski definition) is 1. The zero-order chi connectivity index (χ0) is 21.8. The lowest BCUT2D eigenvalue weighted by molar-refractivity contribution is -0.220. The lowest BCUT2D eigenvalue weighted by Crippen LogP contribution is -2.38. The van der Waals surface area contributed by atoms with Crippen molar-refractivity contribution in [2.75, 3.05) is 5.73 Å². The summed E-state index contributed by atoms with van der Waals surface area (Å²) in [4.78, 5) is 0. The van der Waals surface area contributed by atoms with Crippen molar-refractivity contribution in [3.63, 3.8) is 0 Å². The zero-order valence-electron chi connectivity index (χ0n) is 16.4. The van der Waals surface area contributed by atoms with Crippen LogP contribution >= 0.6 is 0 Å². The average Bonchev–Trinajstić information content (AvgIpc) is 2.52. The Morgan fingerprint density at radius 1 is 0.857 bits per heavy atom. The van der Waals surface area contributed by atoms with E-state index in [0.29, 0.717) is 12.0 Å². The van der Waals surface area contributed by atoms with Crippen LogP contribution in [0.4, 0.5) is 36.4 Å². The largest absolute Gasteiger partial charge is 0.398 e. The van der Waals surface area contributed by atoms with Gasteiger partial charge < -0.3 is 5.73 Å². The molecule has 0 amide bonds. The molecule has 0 bridgehead atoms. The minimum Gasteiger partial charge on any atom is -0.398 e. The van der Waals surface area contributed by atoms with Crippen molar-refractivity contribution in [3.05, 3.63) is 29.3 Å². The molecule has 8 heteroatoms. The van der Waals surface area contributed by atoms with Crippen LogP contribution in [0.15, 0.2) is 18.2 Å². The van der Waals surface area contributed by atoms with Crippen LogP contribution in [0.25, 0.3) is 0 Å². The molecule has 1 unspecified atom stereocenters. The third-order valence-electron chi connectivity index (χ3n) is 4.72. The summed E-state index contributed by atoms with van der Waals surface area (Å²) in [5.74, 6) is -8.69. The van der Waals surface area contributed by atoms with E-state index < -0.39 is 42.8 Å². The third kappa shape index (κ3) is 6.85. The highest BCUT2D eigenvalue weighted by atomic mass is 19.4. The number of unbranched alkanes of at least 4 members (excludes halogenated alkanes) is 2.